The van der Waals surface area contributed by atoms with Crippen molar-refractivity contribution in [2.75, 3.05) is 13.1 Å². The van der Waals surface area contributed by atoms with Gasteiger partial charge in [-0.05, 0) is 37.1 Å². The highest BCUT2D eigenvalue weighted by atomic mass is 32.1. The number of unbranched alkanes of at least 4 members (excludes halogenated alkanes) is 3. The molecule has 0 aliphatic heterocycles. The van der Waals surface area contributed by atoms with E-state index in [9.17, 15) is 9.59 Å². The minimum atomic E-state index is -0.0896. The Morgan fingerprint density at radius 3 is 1.42 bits per heavy atom. The highest BCUT2D eigenvalue weighted by Crippen LogP contribution is 2.13. The summed E-state index contributed by atoms with van der Waals surface area (Å²) in [6.45, 7) is 1.28. The Kier molecular flexibility index (Phi) is 8.58. The zero-order chi connectivity index (χ0) is 18.8. The van der Waals surface area contributed by atoms with Crippen LogP contribution in [0.2, 0.25) is 0 Å². The fraction of sp³-hybridized carbons (Fsp3) is 0.300. The van der Waals surface area contributed by atoms with E-state index >= 15 is 0 Å². The van der Waals surface area contributed by atoms with Gasteiger partial charge < -0.3 is 10.6 Å². The molecule has 0 unspecified atom stereocenters. The average molecular weight is 389 g/mol. The lowest BCUT2D eigenvalue weighted by Gasteiger charge is -2.08. The summed E-state index contributed by atoms with van der Waals surface area (Å²) in [5.74, 6) is -0.179. The first-order valence-corrected chi connectivity index (χ1v) is 9.61. The number of hydrogen-bond donors (Lipinski definition) is 4. The van der Waals surface area contributed by atoms with Crippen LogP contribution < -0.4 is 10.6 Å². The highest BCUT2D eigenvalue weighted by molar-refractivity contribution is 7.80. The van der Waals surface area contributed by atoms with Gasteiger partial charge in [0.05, 0.1) is 11.1 Å². The van der Waals surface area contributed by atoms with E-state index in [2.05, 4.69) is 35.9 Å². The average Bonchev–Trinajstić information content (AvgIpc) is 2.64. The van der Waals surface area contributed by atoms with Gasteiger partial charge in [-0.1, -0.05) is 37.1 Å². The van der Waals surface area contributed by atoms with Crippen LogP contribution in [-0.2, 0) is 0 Å². The highest BCUT2D eigenvalue weighted by Gasteiger charge is 2.08. The van der Waals surface area contributed by atoms with Crippen molar-refractivity contribution in [3.63, 3.8) is 0 Å². The molecule has 6 heteroatoms. The number of thiol groups is 2. The molecular weight excluding hydrogens is 364 g/mol. The summed E-state index contributed by atoms with van der Waals surface area (Å²) in [7, 11) is 0. The molecule has 2 amide bonds. The molecular formula is C20H24N2O2S2. The molecule has 138 valence electrons. The van der Waals surface area contributed by atoms with Crippen LogP contribution in [0.4, 0.5) is 0 Å². The molecule has 2 aromatic rings. The standard InChI is InChI=1S/C20H24N2O2S2/c23-19(15-9-3-5-11-17(15)25)21-13-7-1-2-8-14-22-20(24)16-10-4-6-12-18(16)26/h3-6,9-12,25-26H,1-2,7-8,13-14H2,(H,21,23)(H,22,24). The normalized spacial score (nSPS) is 10.4. The summed E-state index contributed by atoms with van der Waals surface area (Å²) in [4.78, 5) is 25.4. The maximum atomic E-state index is 12.0. The van der Waals surface area contributed by atoms with Crippen LogP contribution in [-0.4, -0.2) is 24.9 Å². The molecule has 0 atom stereocenters. The molecule has 0 spiro atoms. The zero-order valence-electron chi connectivity index (χ0n) is 14.6. The first-order valence-electron chi connectivity index (χ1n) is 8.72. The maximum Gasteiger partial charge on any atom is 0.252 e. The third-order valence-electron chi connectivity index (χ3n) is 3.97. The molecule has 0 aliphatic rings. The predicted molar refractivity (Wildman–Crippen MR) is 111 cm³/mol. The monoisotopic (exact) mass is 388 g/mol. The van der Waals surface area contributed by atoms with Gasteiger partial charge in [0, 0.05) is 22.9 Å². The SMILES string of the molecule is O=C(NCCCCCCNC(=O)c1ccccc1S)c1ccccc1S. The van der Waals surface area contributed by atoms with Crippen molar-refractivity contribution in [1.82, 2.24) is 10.6 Å². The fourth-order valence-corrected chi connectivity index (χ4v) is 3.05. The van der Waals surface area contributed by atoms with Crippen molar-refractivity contribution in [3.8, 4) is 0 Å². The maximum absolute atomic E-state index is 12.0. The van der Waals surface area contributed by atoms with Crippen molar-refractivity contribution >= 4 is 37.1 Å². The first kappa shape index (κ1) is 20.4. The number of amides is 2. The summed E-state index contributed by atoms with van der Waals surface area (Å²) >= 11 is 8.58. The quantitative estimate of drug-likeness (QED) is 0.388. The molecule has 0 bridgehead atoms. The van der Waals surface area contributed by atoms with Crippen LogP contribution in [0.3, 0.4) is 0 Å². The lowest BCUT2D eigenvalue weighted by atomic mass is 10.1. The molecule has 2 aromatic carbocycles. The Hall–Kier alpha value is -1.92. The molecule has 0 aromatic heterocycles. The Morgan fingerprint density at radius 1 is 0.654 bits per heavy atom. The van der Waals surface area contributed by atoms with E-state index in [1.807, 2.05) is 24.3 Å². The summed E-state index contributed by atoms with van der Waals surface area (Å²) < 4.78 is 0. The molecule has 0 fully saturated rings. The number of rotatable bonds is 9. The first-order chi connectivity index (χ1) is 12.6. The fourth-order valence-electron chi connectivity index (χ4n) is 2.53. The van der Waals surface area contributed by atoms with E-state index in [1.54, 1.807) is 24.3 Å². The Morgan fingerprint density at radius 2 is 1.04 bits per heavy atom. The minimum Gasteiger partial charge on any atom is -0.352 e. The van der Waals surface area contributed by atoms with Gasteiger partial charge in [0.1, 0.15) is 0 Å². The zero-order valence-corrected chi connectivity index (χ0v) is 16.4. The summed E-state index contributed by atoms with van der Waals surface area (Å²) in [6.07, 6.45) is 3.82. The van der Waals surface area contributed by atoms with Crippen LogP contribution in [0, 0.1) is 0 Å². The van der Waals surface area contributed by atoms with E-state index in [1.165, 1.54) is 0 Å². The number of nitrogens with one attached hydrogen (secondary N) is 2. The third-order valence-corrected chi connectivity index (χ3v) is 4.75. The molecule has 26 heavy (non-hydrogen) atoms. The second kappa shape index (κ2) is 10.9. The molecule has 0 heterocycles. The van der Waals surface area contributed by atoms with Crippen LogP contribution >= 0.6 is 25.3 Å². The number of carbonyl (C=O) groups excluding carboxylic acids is 2. The van der Waals surface area contributed by atoms with Crippen molar-refractivity contribution in [1.29, 1.82) is 0 Å². The summed E-state index contributed by atoms with van der Waals surface area (Å²) in [6, 6.07) is 14.5. The van der Waals surface area contributed by atoms with Gasteiger partial charge in [0.2, 0.25) is 0 Å². The van der Waals surface area contributed by atoms with Gasteiger partial charge in [0.15, 0.2) is 0 Å². The third kappa shape index (κ3) is 6.42. The van der Waals surface area contributed by atoms with Crippen LogP contribution in [0.25, 0.3) is 0 Å². The molecule has 2 rings (SSSR count). The second-order valence-electron chi connectivity index (χ2n) is 5.96. The Balaban J connectivity index is 1.55. The van der Waals surface area contributed by atoms with E-state index in [0.717, 1.165) is 25.7 Å². The number of hydrogen-bond acceptors (Lipinski definition) is 4. The lowest BCUT2D eigenvalue weighted by Crippen LogP contribution is -2.25. The molecule has 0 aliphatic carbocycles. The molecule has 0 saturated carbocycles. The van der Waals surface area contributed by atoms with Crippen molar-refractivity contribution in [2.24, 2.45) is 0 Å². The smallest absolute Gasteiger partial charge is 0.252 e. The van der Waals surface area contributed by atoms with E-state index < -0.39 is 0 Å². The number of carbonyl (C=O) groups is 2. The predicted octanol–water partition coefficient (Wildman–Crippen LogP) is 3.98. The van der Waals surface area contributed by atoms with Gasteiger partial charge in [-0.25, -0.2) is 0 Å². The van der Waals surface area contributed by atoms with Gasteiger partial charge in [-0.15, -0.1) is 25.3 Å². The molecule has 0 radical (unpaired) electrons. The molecule has 2 N–H and O–H groups in total. The Bertz CT molecular complexity index is 687. The Labute approximate surface area is 165 Å². The number of benzene rings is 2. The second-order valence-corrected chi connectivity index (χ2v) is 6.92. The van der Waals surface area contributed by atoms with Gasteiger partial charge in [-0.2, -0.15) is 0 Å². The van der Waals surface area contributed by atoms with E-state index in [0.29, 0.717) is 34.0 Å². The van der Waals surface area contributed by atoms with Crippen molar-refractivity contribution < 1.29 is 9.59 Å². The summed E-state index contributed by atoms with van der Waals surface area (Å²) in [5, 5.41) is 5.82. The van der Waals surface area contributed by atoms with Crippen molar-refractivity contribution in [2.45, 2.75) is 35.5 Å². The van der Waals surface area contributed by atoms with E-state index in [4.69, 9.17) is 0 Å². The van der Waals surface area contributed by atoms with Crippen LogP contribution in [0.15, 0.2) is 58.3 Å². The van der Waals surface area contributed by atoms with Gasteiger partial charge in [-0.3, -0.25) is 9.59 Å². The minimum absolute atomic E-state index is 0.0896. The van der Waals surface area contributed by atoms with Crippen molar-refractivity contribution in [3.05, 3.63) is 59.7 Å². The summed E-state index contributed by atoms with van der Waals surface area (Å²) in [5.41, 5.74) is 1.20. The van der Waals surface area contributed by atoms with Gasteiger partial charge >= 0.3 is 0 Å². The largest absolute Gasteiger partial charge is 0.352 e. The lowest BCUT2D eigenvalue weighted by molar-refractivity contribution is 0.0940. The van der Waals surface area contributed by atoms with Crippen LogP contribution in [0.5, 0.6) is 0 Å². The van der Waals surface area contributed by atoms with Crippen LogP contribution in [0.1, 0.15) is 46.4 Å². The van der Waals surface area contributed by atoms with Gasteiger partial charge in [0.25, 0.3) is 11.8 Å². The van der Waals surface area contributed by atoms with E-state index in [-0.39, 0.29) is 11.8 Å². The topological polar surface area (TPSA) is 58.2 Å². The molecule has 0 saturated heterocycles. The molecule has 4 nitrogen and oxygen atoms in total.